The fourth-order valence-corrected chi connectivity index (χ4v) is 2.17. The lowest BCUT2D eigenvalue weighted by molar-refractivity contribution is 0.112. The van der Waals surface area contributed by atoms with E-state index in [1.807, 2.05) is 18.7 Å². The normalized spacial score (nSPS) is 16.6. The van der Waals surface area contributed by atoms with Crippen molar-refractivity contribution in [2.24, 2.45) is 0 Å². The summed E-state index contributed by atoms with van der Waals surface area (Å²) >= 11 is 0. The van der Waals surface area contributed by atoms with E-state index in [4.69, 9.17) is 5.11 Å². The first kappa shape index (κ1) is 11.6. The zero-order valence-corrected chi connectivity index (χ0v) is 9.76. The second-order valence-electron chi connectivity index (χ2n) is 4.50. The summed E-state index contributed by atoms with van der Waals surface area (Å²) in [7, 11) is 0. The number of nitrogens with zero attached hydrogens (tertiary/aromatic N) is 3. The van der Waals surface area contributed by atoms with Crippen LogP contribution in [-0.4, -0.2) is 45.3 Å². The summed E-state index contributed by atoms with van der Waals surface area (Å²) in [5.74, 6) is 0. The van der Waals surface area contributed by atoms with E-state index in [2.05, 4.69) is 14.5 Å². The molecule has 0 aromatic carbocycles. The van der Waals surface area contributed by atoms with Gasteiger partial charge in [0.15, 0.2) is 0 Å². The van der Waals surface area contributed by atoms with Gasteiger partial charge in [0, 0.05) is 44.7 Å². The monoisotopic (exact) mass is 223 g/mol. The topological polar surface area (TPSA) is 41.3 Å². The summed E-state index contributed by atoms with van der Waals surface area (Å²) in [6.45, 7) is 3.40. The van der Waals surface area contributed by atoms with Gasteiger partial charge in [-0.05, 0) is 19.3 Å². The first-order valence-electron chi connectivity index (χ1n) is 6.21. The van der Waals surface area contributed by atoms with Gasteiger partial charge in [0.25, 0.3) is 0 Å². The molecule has 1 aromatic heterocycles. The van der Waals surface area contributed by atoms with Crippen LogP contribution in [-0.2, 0) is 6.54 Å². The Hall–Kier alpha value is -0.870. The number of aliphatic hydroxyl groups is 1. The van der Waals surface area contributed by atoms with Crippen LogP contribution in [0.25, 0.3) is 0 Å². The number of hydrogen-bond acceptors (Lipinski definition) is 3. The van der Waals surface area contributed by atoms with Crippen LogP contribution >= 0.6 is 0 Å². The standard InChI is InChI=1S/C12H21N3O/c16-10-2-6-15(12-3-1-4-12)9-8-14-7-5-13-11-14/h5,7,11-12,16H,1-4,6,8-10H2. The zero-order valence-electron chi connectivity index (χ0n) is 9.76. The van der Waals surface area contributed by atoms with Crippen molar-refractivity contribution < 1.29 is 5.11 Å². The molecule has 0 unspecified atom stereocenters. The Kier molecular flexibility index (Phi) is 4.36. The highest BCUT2D eigenvalue weighted by Gasteiger charge is 2.23. The van der Waals surface area contributed by atoms with Crippen molar-refractivity contribution in [2.75, 3.05) is 19.7 Å². The molecule has 1 fully saturated rings. The third kappa shape index (κ3) is 3.06. The van der Waals surface area contributed by atoms with Crippen molar-refractivity contribution in [1.82, 2.24) is 14.5 Å². The van der Waals surface area contributed by atoms with Gasteiger partial charge in [0.1, 0.15) is 0 Å². The third-order valence-corrected chi connectivity index (χ3v) is 3.40. The molecule has 1 aromatic rings. The Balaban J connectivity index is 1.76. The molecule has 1 aliphatic rings. The molecule has 1 N–H and O–H groups in total. The summed E-state index contributed by atoms with van der Waals surface area (Å²) in [6, 6.07) is 0.759. The Bertz CT molecular complexity index is 282. The van der Waals surface area contributed by atoms with E-state index >= 15 is 0 Å². The molecule has 1 aliphatic carbocycles. The van der Waals surface area contributed by atoms with Gasteiger partial charge >= 0.3 is 0 Å². The van der Waals surface area contributed by atoms with Crippen LogP contribution in [0.1, 0.15) is 25.7 Å². The van der Waals surface area contributed by atoms with Gasteiger partial charge in [-0.3, -0.25) is 4.90 Å². The Morgan fingerprint density at radius 1 is 1.38 bits per heavy atom. The molecule has 0 saturated heterocycles. The lowest BCUT2D eigenvalue weighted by Crippen LogP contribution is -2.42. The van der Waals surface area contributed by atoms with Crippen LogP contribution in [0.15, 0.2) is 18.7 Å². The van der Waals surface area contributed by atoms with Crippen molar-refractivity contribution in [1.29, 1.82) is 0 Å². The van der Waals surface area contributed by atoms with Crippen LogP contribution in [0.2, 0.25) is 0 Å². The zero-order chi connectivity index (χ0) is 11.2. The number of hydrogen-bond donors (Lipinski definition) is 1. The van der Waals surface area contributed by atoms with Crippen LogP contribution in [0.5, 0.6) is 0 Å². The Morgan fingerprint density at radius 3 is 2.81 bits per heavy atom. The second-order valence-corrected chi connectivity index (χ2v) is 4.50. The molecule has 0 radical (unpaired) electrons. The molecule has 4 heteroatoms. The first-order chi connectivity index (χ1) is 7.90. The summed E-state index contributed by atoms with van der Waals surface area (Å²) in [5.41, 5.74) is 0. The maximum Gasteiger partial charge on any atom is 0.0946 e. The molecule has 1 saturated carbocycles. The van der Waals surface area contributed by atoms with Gasteiger partial charge in [-0.2, -0.15) is 0 Å². The van der Waals surface area contributed by atoms with Gasteiger partial charge in [-0.15, -0.1) is 0 Å². The van der Waals surface area contributed by atoms with E-state index in [0.717, 1.165) is 32.1 Å². The molecule has 0 spiro atoms. The van der Waals surface area contributed by atoms with Crippen molar-refractivity contribution in [3.63, 3.8) is 0 Å². The first-order valence-corrected chi connectivity index (χ1v) is 6.21. The fraction of sp³-hybridized carbons (Fsp3) is 0.750. The van der Waals surface area contributed by atoms with Gasteiger partial charge in [-0.1, -0.05) is 6.42 Å². The minimum Gasteiger partial charge on any atom is -0.396 e. The van der Waals surface area contributed by atoms with Crippen LogP contribution in [0.4, 0.5) is 0 Å². The summed E-state index contributed by atoms with van der Waals surface area (Å²) in [5, 5.41) is 8.90. The molecule has 0 atom stereocenters. The molecule has 90 valence electrons. The highest BCUT2D eigenvalue weighted by molar-refractivity contribution is 4.81. The number of aliphatic hydroxyl groups excluding tert-OH is 1. The molecular formula is C12H21N3O. The van der Waals surface area contributed by atoms with Crippen molar-refractivity contribution in [3.05, 3.63) is 18.7 Å². The quantitative estimate of drug-likeness (QED) is 0.753. The molecule has 0 aliphatic heterocycles. The SMILES string of the molecule is OCCCN(CCn1ccnc1)C1CCC1. The van der Waals surface area contributed by atoms with Crippen molar-refractivity contribution in [3.8, 4) is 0 Å². The van der Waals surface area contributed by atoms with E-state index in [-0.39, 0.29) is 0 Å². The lowest BCUT2D eigenvalue weighted by atomic mass is 9.91. The number of imidazole rings is 1. The van der Waals surface area contributed by atoms with Gasteiger partial charge in [-0.25, -0.2) is 4.98 Å². The van der Waals surface area contributed by atoms with Gasteiger partial charge < -0.3 is 9.67 Å². The predicted octanol–water partition coefficient (Wildman–Crippen LogP) is 1.12. The van der Waals surface area contributed by atoms with E-state index in [1.54, 1.807) is 0 Å². The second kappa shape index (κ2) is 6.01. The van der Waals surface area contributed by atoms with Crippen LogP contribution in [0.3, 0.4) is 0 Å². The van der Waals surface area contributed by atoms with E-state index in [0.29, 0.717) is 6.61 Å². The molecule has 4 nitrogen and oxygen atoms in total. The van der Waals surface area contributed by atoms with Crippen LogP contribution < -0.4 is 0 Å². The largest absolute Gasteiger partial charge is 0.396 e. The van der Waals surface area contributed by atoms with E-state index in [9.17, 15) is 0 Å². The summed E-state index contributed by atoms with van der Waals surface area (Å²) < 4.78 is 2.12. The Morgan fingerprint density at radius 2 is 2.25 bits per heavy atom. The van der Waals surface area contributed by atoms with E-state index in [1.165, 1.54) is 19.3 Å². The smallest absolute Gasteiger partial charge is 0.0946 e. The molecule has 1 heterocycles. The fourth-order valence-electron chi connectivity index (χ4n) is 2.17. The minimum atomic E-state index is 0.300. The molecule has 2 rings (SSSR count). The molecule has 0 amide bonds. The Labute approximate surface area is 96.9 Å². The van der Waals surface area contributed by atoms with E-state index < -0.39 is 0 Å². The maximum absolute atomic E-state index is 8.90. The van der Waals surface area contributed by atoms with Crippen molar-refractivity contribution in [2.45, 2.75) is 38.3 Å². The van der Waals surface area contributed by atoms with Gasteiger partial charge in [0.05, 0.1) is 6.33 Å². The van der Waals surface area contributed by atoms with Gasteiger partial charge in [0.2, 0.25) is 0 Å². The predicted molar refractivity (Wildman–Crippen MR) is 63.1 cm³/mol. The third-order valence-electron chi connectivity index (χ3n) is 3.40. The average Bonchev–Trinajstić information content (AvgIpc) is 2.72. The van der Waals surface area contributed by atoms with Crippen molar-refractivity contribution >= 4 is 0 Å². The maximum atomic E-state index is 8.90. The average molecular weight is 223 g/mol. The minimum absolute atomic E-state index is 0.300. The molecular weight excluding hydrogens is 202 g/mol. The summed E-state index contributed by atoms with van der Waals surface area (Å²) in [6.07, 6.45) is 10.6. The molecule has 16 heavy (non-hydrogen) atoms. The molecule has 0 bridgehead atoms. The number of aromatic nitrogens is 2. The number of rotatable bonds is 7. The highest BCUT2D eigenvalue weighted by Crippen LogP contribution is 2.24. The van der Waals surface area contributed by atoms with Crippen LogP contribution in [0, 0.1) is 0 Å². The summed E-state index contributed by atoms with van der Waals surface area (Å²) in [4.78, 5) is 6.56. The lowest BCUT2D eigenvalue weighted by Gasteiger charge is -2.37. The highest BCUT2D eigenvalue weighted by atomic mass is 16.3.